The second kappa shape index (κ2) is 7.13. The Bertz CT molecular complexity index is 1030. The van der Waals surface area contributed by atoms with E-state index in [0.717, 1.165) is 11.3 Å². The molecular weight excluding hydrogens is 385 g/mol. The summed E-state index contributed by atoms with van der Waals surface area (Å²) in [6, 6.07) is 14.2. The molecule has 0 amide bonds. The van der Waals surface area contributed by atoms with Crippen LogP contribution in [0.5, 0.6) is 0 Å². The standard InChI is InChI=1S/C20H15ClFN3OS/c21-14-7-4-8-15(22)13(14)9-25-10-17(26)18(19(25)23)20-24-16(11-27-20)12-5-2-1-3-6-12/h1-8,11,23,26H,9-10H2. The van der Waals surface area contributed by atoms with E-state index in [2.05, 4.69) is 4.98 Å². The van der Waals surface area contributed by atoms with Gasteiger partial charge >= 0.3 is 0 Å². The zero-order valence-corrected chi connectivity index (χ0v) is 15.7. The third kappa shape index (κ3) is 3.34. The zero-order chi connectivity index (χ0) is 19.0. The maximum atomic E-state index is 14.1. The van der Waals surface area contributed by atoms with Crippen LogP contribution in [0.4, 0.5) is 4.39 Å². The highest BCUT2D eigenvalue weighted by molar-refractivity contribution is 7.11. The van der Waals surface area contributed by atoms with Crippen LogP contribution in [0, 0.1) is 11.2 Å². The Kier molecular flexibility index (Phi) is 4.68. The Morgan fingerprint density at radius 2 is 1.96 bits per heavy atom. The van der Waals surface area contributed by atoms with Gasteiger partial charge in [0.05, 0.1) is 17.8 Å². The van der Waals surface area contributed by atoms with Crippen LogP contribution in [0.3, 0.4) is 0 Å². The quantitative estimate of drug-likeness (QED) is 0.620. The Balaban J connectivity index is 1.59. The first-order valence-electron chi connectivity index (χ1n) is 8.25. The highest BCUT2D eigenvalue weighted by Crippen LogP contribution is 2.33. The lowest BCUT2D eigenvalue weighted by Gasteiger charge is -2.19. The van der Waals surface area contributed by atoms with Gasteiger partial charge in [0, 0.05) is 28.1 Å². The smallest absolute Gasteiger partial charge is 0.135 e. The lowest BCUT2D eigenvalue weighted by molar-refractivity contribution is 0.344. The number of aromatic nitrogens is 1. The number of halogens is 2. The van der Waals surface area contributed by atoms with Crippen molar-refractivity contribution < 1.29 is 9.50 Å². The summed E-state index contributed by atoms with van der Waals surface area (Å²) in [6.45, 7) is 0.230. The van der Waals surface area contributed by atoms with E-state index in [4.69, 9.17) is 17.0 Å². The maximum Gasteiger partial charge on any atom is 0.135 e. The van der Waals surface area contributed by atoms with E-state index < -0.39 is 5.82 Å². The molecule has 4 nitrogen and oxygen atoms in total. The van der Waals surface area contributed by atoms with Gasteiger partial charge in [-0.3, -0.25) is 5.41 Å². The topological polar surface area (TPSA) is 60.2 Å². The summed E-state index contributed by atoms with van der Waals surface area (Å²) in [5, 5.41) is 21.6. The van der Waals surface area contributed by atoms with E-state index in [0.29, 0.717) is 21.2 Å². The predicted molar refractivity (Wildman–Crippen MR) is 107 cm³/mol. The number of aliphatic hydroxyl groups excluding tert-OH is 1. The number of benzene rings is 2. The van der Waals surface area contributed by atoms with E-state index in [1.54, 1.807) is 11.0 Å². The van der Waals surface area contributed by atoms with Crippen LogP contribution >= 0.6 is 22.9 Å². The van der Waals surface area contributed by atoms with Crippen molar-refractivity contribution in [2.45, 2.75) is 6.54 Å². The molecule has 0 saturated heterocycles. The number of nitrogens with one attached hydrogen (secondary N) is 1. The maximum absolute atomic E-state index is 14.1. The van der Waals surface area contributed by atoms with Gasteiger partial charge in [0.25, 0.3) is 0 Å². The van der Waals surface area contributed by atoms with Crippen molar-refractivity contribution in [2.75, 3.05) is 6.54 Å². The van der Waals surface area contributed by atoms with Crippen LogP contribution in [-0.4, -0.2) is 27.4 Å². The molecule has 136 valence electrons. The summed E-state index contributed by atoms with van der Waals surface area (Å²) in [6.07, 6.45) is 0. The summed E-state index contributed by atoms with van der Waals surface area (Å²) >= 11 is 7.46. The zero-order valence-electron chi connectivity index (χ0n) is 14.1. The van der Waals surface area contributed by atoms with Gasteiger partial charge in [0.1, 0.15) is 22.4 Å². The van der Waals surface area contributed by atoms with Crippen LogP contribution in [-0.2, 0) is 6.54 Å². The lowest BCUT2D eigenvalue weighted by atomic mass is 10.2. The lowest BCUT2D eigenvalue weighted by Crippen LogP contribution is -2.26. The molecule has 0 radical (unpaired) electrons. The molecule has 0 spiro atoms. The highest BCUT2D eigenvalue weighted by atomic mass is 35.5. The molecule has 1 aliphatic rings. The van der Waals surface area contributed by atoms with Gasteiger partial charge in [-0.15, -0.1) is 11.3 Å². The summed E-state index contributed by atoms with van der Waals surface area (Å²) in [4.78, 5) is 6.15. The first-order valence-corrected chi connectivity index (χ1v) is 9.50. The minimum Gasteiger partial charge on any atom is -0.510 e. The minimum atomic E-state index is -0.427. The van der Waals surface area contributed by atoms with Crippen molar-refractivity contribution in [3.63, 3.8) is 0 Å². The molecule has 2 N–H and O–H groups in total. The SMILES string of the molecule is N=C1C(c2nc(-c3ccccc3)cs2)=C(O)CN1Cc1c(F)cccc1Cl. The van der Waals surface area contributed by atoms with E-state index in [-0.39, 0.29) is 24.7 Å². The third-order valence-corrected chi connectivity index (χ3v) is 5.59. The number of aliphatic hydroxyl groups is 1. The molecule has 7 heteroatoms. The van der Waals surface area contributed by atoms with Gasteiger partial charge < -0.3 is 10.0 Å². The fourth-order valence-corrected chi connectivity index (χ4v) is 4.12. The van der Waals surface area contributed by atoms with Crippen molar-refractivity contribution in [3.05, 3.63) is 81.1 Å². The van der Waals surface area contributed by atoms with Gasteiger partial charge in [-0.1, -0.05) is 48.0 Å². The van der Waals surface area contributed by atoms with Crippen LogP contribution in [0.1, 0.15) is 10.6 Å². The largest absolute Gasteiger partial charge is 0.510 e. The van der Waals surface area contributed by atoms with Gasteiger partial charge in [-0.05, 0) is 12.1 Å². The first kappa shape index (κ1) is 17.7. The van der Waals surface area contributed by atoms with E-state index in [9.17, 15) is 9.50 Å². The van der Waals surface area contributed by atoms with E-state index >= 15 is 0 Å². The number of hydrogen-bond donors (Lipinski definition) is 2. The molecule has 2 aromatic carbocycles. The normalized spacial score (nSPS) is 14.3. The molecule has 0 aliphatic carbocycles. The van der Waals surface area contributed by atoms with Crippen molar-refractivity contribution in [1.82, 2.24) is 9.88 Å². The Morgan fingerprint density at radius 3 is 2.70 bits per heavy atom. The number of rotatable bonds is 4. The predicted octanol–water partition coefficient (Wildman–Crippen LogP) is 5.36. The van der Waals surface area contributed by atoms with Crippen LogP contribution in [0.2, 0.25) is 5.02 Å². The summed E-state index contributed by atoms with van der Waals surface area (Å²) in [5.74, 6) is -0.258. The monoisotopic (exact) mass is 399 g/mol. The molecule has 0 atom stereocenters. The first-order chi connectivity index (χ1) is 13.0. The molecule has 1 aliphatic heterocycles. The number of thiazole rings is 1. The fraction of sp³-hybridized carbons (Fsp3) is 0.100. The molecule has 4 rings (SSSR count). The molecule has 0 fully saturated rings. The van der Waals surface area contributed by atoms with Crippen molar-refractivity contribution in [3.8, 4) is 11.3 Å². The van der Waals surface area contributed by atoms with Gasteiger partial charge in [0.2, 0.25) is 0 Å². The Labute approximate surface area is 164 Å². The number of nitrogens with zero attached hydrogens (tertiary/aromatic N) is 2. The van der Waals surface area contributed by atoms with Crippen molar-refractivity contribution in [1.29, 1.82) is 5.41 Å². The molecule has 0 saturated carbocycles. The summed E-state index contributed by atoms with van der Waals surface area (Å²) < 4.78 is 14.1. The second-order valence-corrected chi connectivity index (χ2v) is 7.40. The fourth-order valence-electron chi connectivity index (χ4n) is 3.00. The third-order valence-electron chi connectivity index (χ3n) is 4.38. The van der Waals surface area contributed by atoms with E-state index in [1.807, 2.05) is 35.7 Å². The minimum absolute atomic E-state index is 0.0569. The van der Waals surface area contributed by atoms with E-state index in [1.165, 1.54) is 23.5 Å². The molecule has 3 aromatic rings. The molecule has 0 bridgehead atoms. The summed E-state index contributed by atoms with van der Waals surface area (Å²) in [7, 11) is 0. The Hall–Kier alpha value is -2.70. The van der Waals surface area contributed by atoms with Crippen LogP contribution < -0.4 is 0 Å². The highest BCUT2D eigenvalue weighted by Gasteiger charge is 2.31. The van der Waals surface area contributed by atoms with Gasteiger partial charge in [0.15, 0.2) is 0 Å². The molecule has 0 unspecified atom stereocenters. The molecular formula is C20H15ClFN3OS. The second-order valence-electron chi connectivity index (χ2n) is 6.13. The summed E-state index contributed by atoms with van der Waals surface area (Å²) in [5.41, 5.74) is 2.45. The average molecular weight is 400 g/mol. The van der Waals surface area contributed by atoms with Crippen molar-refractivity contribution >= 4 is 34.3 Å². The van der Waals surface area contributed by atoms with Crippen LogP contribution in [0.15, 0.2) is 59.7 Å². The molecule has 27 heavy (non-hydrogen) atoms. The number of hydrogen-bond acceptors (Lipinski definition) is 4. The molecule has 1 aromatic heterocycles. The average Bonchev–Trinajstić information content (AvgIpc) is 3.24. The number of amidine groups is 1. The van der Waals surface area contributed by atoms with Gasteiger partial charge in [-0.2, -0.15) is 0 Å². The Morgan fingerprint density at radius 1 is 1.19 bits per heavy atom. The van der Waals surface area contributed by atoms with Crippen molar-refractivity contribution in [2.24, 2.45) is 0 Å². The molecule has 2 heterocycles. The van der Waals surface area contributed by atoms with Crippen LogP contribution in [0.25, 0.3) is 16.8 Å². The van der Waals surface area contributed by atoms with Gasteiger partial charge in [-0.25, -0.2) is 9.37 Å².